The molecule has 2 atom stereocenters. The second-order valence-corrected chi connectivity index (χ2v) is 30.1. The van der Waals surface area contributed by atoms with Crippen LogP contribution in [-0.4, -0.2) is 217 Å². The lowest BCUT2D eigenvalue weighted by Crippen LogP contribution is -2.43. The maximum atomic E-state index is 13.0. The van der Waals surface area contributed by atoms with E-state index >= 15 is 0 Å². The quantitative estimate of drug-likeness (QED) is 0.0506. The van der Waals surface area contributed by atoms with Crippen molar-refractivity contribution in [2.45, 2.75) is 143 Å². The summed E-state index contributed by atoms with van der Waals surface area (Å²) in [4.78, 5) is 0. The number of phenolic OH excluding ortho intramolecular Hbond substituents is 2. The Balaban J connectivity index is 1.17. The zero-order chi connectivity index (χ0) is 70.6. The van der Waals surface area contributed by atoms with E-state index in [1.165, 1.54) is 0 Å². The molecule has 4 aromatic carbocycles. The summed E-state index contributed by atoms with van der Waals surface area (Å²) in [6, 6.07) is 17.5. The summed E-state index contributed by atoms with van der Waals surface area (Å²) in [6.07, 6.45) is 0.799. The van der Waals surface area contributed by atoms with Crippen LogP contribution < -0.4 is 30.7 Å². The molecule has 7 rings (SSSR count). The lowest BCUT2D eigenvalue weighted by atomic mass is 9.79. The molecule has 6 N–H and O–H groups in total. The molecule has 2 unspecified atom stereocenters. The molecule has 2 aliphatic heterocycles. The van der Waals surface area contributed by atoms with Crippen LogP contribution in [0.4, 0.5) is 0 Å². The summed E-state index contributed by atoms with van der Waals surface area (Å²) in [5.41, 5.74) is 10.0. The fourth-order valence-corrected chi connectivity index (χ4v) is 11.6. The minimum absolute atomic E-state index is 0.217. The fourth-order valence-electron chi connectivity index (χ4n) is 11.3. The van der Waals surface area contributed by atoms with E-state index in [1.807, 2.05) is 0 Å². The number of nitrogens with one attached hydrogen (secondary N) is 4. The molecule has 20 nitrogen and oxygen atoms in total. The number of hydrogen-bond acceptors (Lipinski definition) is 18. The van der Waals surface area contributed by atoms with Crippen LogP contribution in [0.3, 0.4) is 0 Å². The van der Waals surface area contributed by atoms with Gasteiger partial charge in [-0.1, -0.05) is 132 Å². The first-order valence-electron chi connectivity index (χ1n) is 35.2. The molecule has 22 heteroatoms. The van der Waals surface area contributed by atoms with Crippen LogP contribution in [0.15, 0.2) is 48.5 Å². The van der Waals surface area contributed by atoms with Crippen LogP contribution in [0, 0.1) is 0 Å². The molecule has 0 amide bonds. The first kappa shape index (κ1) is 80.3. The Morgan fingerprint density at radius 2 is 0.571 bits per heavy atom. The van der Waals surface area contributed by atoms with Crippen molar-refractivity contribution in [1.29, 1.82) is 0 Å². The normalized spacial score (nSPS) is 19.1. The highest BCUT2D eigenvalue weighted by Crippen LogP contribution is 2.44. The Morgan fingerprint density at radius 3 is 0.816 bits per heavy atom. The van der Waals surface area contributed by atoms with Crippen molar-refractivity contribution in [2.24, 2.45) is 0 Å². The summed E-state index contributed by atoms with van der Waals surface area (Å²) in [6.45, 7) is 38.2. The van der Waals surface area contributed by atoms with Crippen molar-refractivity contribution >= 4 is 34.7 Å². The molecular weight excluding hydrogens is 1290 g/mol. The van der Waals surface area contributed by atoms with Crippen LogP contribution in [0.2, 0.25) is 0 Å². The van der Waals surface area contributed by atoms with Gasteiger partial charge in [0, 0.05) is 38.8 Å². The van der Waals surface area contributed by atoms with Gasteiger partial charge in [0.1, 0.15) is 36.2 Å². The van der Waals surface area contributed by atoms with Gasteiger partial charge in [-0.3, -0.25) is 0 Å². The zero-order valence-corrected chi connectivity index (χ0v) is 62.5. The second kappa shape index (κ2) is 40.6. The van der Waals surface area contributed by atoms with Crippen LogP contribution in [-0.2, 0) is 104 Å². The van der Waals surface area contributed by atoms with Gasteiger partial charge >= 0.3 is 0 Å². The van der Waals surface area contributed by atoms with Crippen molar-refractivity contribution in [3.05, 3.63) is 115 Å². The van der Waals surface area contributed by atoms with E-state index in [4.69, 9.17) is 90.8 Å². The van der Waals surface area contributed by atoms with Crippen molar-refractivity contribution in [3.8, 4) is 23.0 Å². The van der Waals surface area contributed by atoms with E-state index in [2.05, 4.69) is 153 Å². The summed E-state index contributed by atoms with van der Waals surface area (Å²) in [7, 11) is 0. The van der Waals surface area contributed by atoms with Crippen molar-refractivity contribution in [1.82, 2.24) is 21.3 Å². The second-order valence-electron chi connectivity index (χ2n) is 29.2. The van der Waals surface area contributed by atoms with E-state index in [0.29, 0.717) is 219 Å². The Hall–Kier alpha value is -5.02. The molecule has 3 aliphatic rings. The van der Waals surface area contributed by atoms with Crippen LogP contribution in [0.5, 0.6) is 23.0 Å². The summed E-state index contributed by atoms with van der Waals surface area (Å²) < 4.78 is 83.6. The number of aromatic hydroxyl groups is 2. The van der Waals surface area contributed by atoms with Gasteiger partial charge in [0.2, 0.25) is 0 Å². The molecule has 0 aromatic heterocycles. The molecule has 2 fully saturated rings. The number of fused-ring (bicyclic) bond motifs is 8. The van der Waals surface area contributed by atoms with Gasteiger partial charge in [-0.15, -0.1) is 0 Å². The summed E-state index contributed by atoms with van der Waals surface area (Å²) >= 11 is 11.7. The first-order chi connectivity index (χ1) is 46.8. The Kier molecular flexibility index (Phi) is 33.2. The number of thiocarbonyl (C=S) groups is 2. The van der Waals surface area contributed by atoms with Crippen molar-refractivity contribution < 1.29 is 76.5 Å². The molecule has 0 radical (unpaired) electrons. The van der Waals surface area contributed by atoms with Gasteiger partial charge in [-0.2, -0.15) is 0 Å². The molecule has 8 bridgehead atoms. The molecule has 4 aromatic rings. The number of rotatable bonds is 12. The minimum Gasteiger partial charge on any atom is -0.507 e. The van der Waals surface area contributed by atoms with Crippen LogP contribution in [0.25, 0.3) is 0 Å². The lowest BCUT2D eigenvalue weighted by molar-refractivity contribution is -0.0585. The maximum absolute atomic E-state index is 13.0. The third-order valence-corrected chi connectivity index (χ3v) is 17.6. The predicted molar refractivity (Wildman–Crippen MR) is 391 cm³/mol. The molecule has 98 heavy (non-hydrogen) atoms. The third-order valence-electron chi connectivity index (χ3n) is 17.0. The third kappa shape index (κ3) is 27.7. The zero-order valence-electron chi connectivity index (χ0n) is 60.8. The molecular formula is C76H116N4O16S2. The van der Waals surface area contributed by atoms with E-state index < -0.39 is 0 Å². The highest BCUT2D eigenvalue weighted by Gasteiger charge is 2.29. The summed E-state index contributed by atoms with van der Waals surface area (Å²) in [5, 5.41) is 40.2. The topological polar surface area (TPSA) is 218 Å². The van der Waals surface area contributed by atoms with Crippen LogP contribution in [0.1, 0.15) is 150 Å². The van der Waals surface area contributed by atoms with Crippen molar-refractivity contribution in [2.75, 3.05) is 185 Å². The molecule has 1 aliphatic carbocycles. The SMILES string of the molecule is CC(C)(C)c1cc2c(O)c(c1)Cc1cc(C(C)(C)C)cc(c1OCCNC(=S)NCC1COCCOCCOCCOCCOCCO1)Cc1cc(C(C)(C)C)cc(c1O)Cc1cc(C(C)(C)C)cc(c1OCCNC(=S)NCC1COCCOCCOCCOCCOCCO1)C2. The summed E-state index contributed by atoms with van der Waals surface area (Å²) in [5.74, 6) is 1.82. The van der Waals surface area contributed by atoms with Gasteiger partial charge in [0.05, 0.1) is 171 Å². The van der Waals surface area contributed by atoms with Gasteiger partial charge in [0.25, 0.3) is 0 Å². The van der Waals surface area contributed by atoms with E-state index in [0.717, 1.165) is 66.8 Å². The maximum Gasteiger partial charge on any atom is 0.166 e. The van der Waals surface area contributed by atoms with Crippen molar-refractivity contribution in [3.63, 3.8) is 0 Å². The number of benzene rings is 4. The molecule has 0 saturated carbocycles. The van der Waals surface area contributed by atoms with Crippen LogP contribution >= 0.6 is 24.4 Å². The molecule has 548 valence electrons. The standard InChI is InChI=1S/C76H116N4O16S2/c1-73(2,3)61-41-53-37-57-45-63(75(7,8)9)47-59(69(57)95-15-13-77-71(97)79-49-65-51-91-31-29-87-23-21-83-17-19-85-25-27-89-33-35-93-65)39-55-43-62(74(4,5)6)44-56(68(55)82)40-60-48-64(76(10,11)12)46-58(38-54(42-61)67(53)81)70(60)96-16-14-78-72(98)80-50-66-52-92-32-30-88-24-22-84-18-20-86-26-28-90-34-36-94-66/h41-48,65-66,81-82H,13-40,49-52H2,1-12H3,(H2,77,79,97)(H2,78,80,98). The first-order valence-corrected chi connectivity index (χ1v) is 36.0. The Morgan fingerprint density at radius 1 is 0.347 bits per heavy atom. The minimum atomic E-state index is -0.315. The lowest BCUT2D eigenvalue weighted by Gasteiger charge is -2.28. The largest absolute Gasteiger partial charge is 0.507 e. The highest BCUT2D eigenvalue weighted by molar-refractivity contribution is 7.80. The van der Waals surface area contributed by atoms with Gasteiger partial charge in [-0.25, -0.2) is 0 Å². The average molecular weight is 1410 g/mol. The highest BCUT2D eigenvalue weighted by atomic mass is 32.1. The fraction of sp³-hybridized carbons (Fsp3) is 0.658. The van der Waals surface area contributed by atoms with E-state index in [-0.39, 0.29) is 58.6 Å². The number of hydrogen-bond donors (Lipinski definition) is 6. The smallest absolute Gasteiger partial charge is 0.166 e. The molecule has 2 saturated heterocycles. The molecule has 0 spiro atoms. The van der Waals surface area contributed by atoms with Gasteiger partial charge in [0.15, 0.2) is 10.2 Å². The molecule has 2 heterocycles. The Labute approximate surface area is 595 Å². The van der Waals surface area contributed by atoms with E-state index in [1.54, 1.807) is 0 Å². The average Bonchev–Trinajstić information content (AvgIpc) is 0.768. The number of phenols is 2. The predicted octanol–water partition coefficient (Wildman–Crippen LogP) is 9.61. The Bertz CT molecular complexity index is 2750. The number of ether oxygens (including phenoxy) is 14. The monoisotopic (exact) mass is 1400 g/mol. The van der Waals surface area contributed by atoms with Gasteiger partial charge in [-0.05, 0) is 113 Å². The van der Waals surface area contributed by atoms with E-state index in [9.17, 15) is 10.2 Å². The van der Waals surface area contributed by atoms with Gasteiger partial charge < -0.3 is 97.8 Å².